The number of hydrogen-bond acceptors (Lipinski definition) is 4. The van der Waals surface area contributed by atoms with Crippen LogP contribution in [0, 0.1) is 12.8 Å². The second-order valence-corrected chi connectivity index (χ2v) is 7.74. The lowest BCUT2D eigenvalue weighted by atomic mass is 9.89. The number of rotatable bonds is 7. The first-order valence-electron chi connectivity index (χ1n) is 10.0. The molecule has 0 atom stereocenters. The number of amides is 1. The number of nitrogens with zero attached hydrogens (tertiary/aromatic N) is 1. The van der Waals surface area contributed by atoms with Gasteiger partial charge in [0.1, 0.15) is 5.75 Å². The van der Waals surface area contributed by atoms with Gasteiger partial charge in [0.25, 0.3) is 0 Å². The Morgan fingerprint density at radius 3 is 2.48 bits per heavy atom. The fraction of sp³-hybridized carbons (Fsp3) is 0.391. The maximum Gasteiger partial charge on any atom is 0.238 e. The van der Waals surface area contributed by atoms with Crippen molar-refractivity contribution in [2.45, 2.75) is 26.7 Å². The number of anilines is 1. The van der Waals surface area contributed by atoms with Gasteiger partial charge in [-0.3, -0.25) is 14.5 Å². The molecule has 3 rings (SSSR count). The molecule has 2 aromatic carbocycles. The van der Waals surface area contributed by atoms with E-state index in [9.17, 15) is 9.59 Å². The summed E-state index contributed by atoms with van der Waals surface area (Å²) in [6, 6.07) is 12.8. The Bertz CT molecular complexity index is 859. The van der Waals surface area contributed by atoms with Gasteiger partial charge < -0.3 is 10.1 Å². The molecule has 29 heavy (non-hydrogen) atoms. The van der Waals surface area contributed by atoms with Gasteiger partial charge >= 0.3 is 0 Å². The van der Waals surface area contributed by atoms with Crippen LogP contribution in [0.1, 0.15) is 35.7 Å². The number of piperidine rings is 1. The van der Waals surface area contributed by atoms with Gasteiger partial charge in [-0.05, 0) is 81.7 Å². The van der Waals surface area contributed by atoms with Gasteiger partial charge in [-0.15, -0.1) is 0 Å². The first kappa shape index (κ1) is 21.3. The van der Waals surface area contributed by atoms with Crippen LogP contribution in [-0.2, 0) is 4.79 Å². The maximum atomic E-state index is 12.8. The molecule has 1 aliphatic heterocycles. The smallest absolute Gasteiger partial charge is 0.238 e. The Morgan fingerprint density at radius 2 is 1.83 bits per heavy atom. The Hall–Kier alpha value is -2.37. The van der Waals surface area contributed by atoms with E-state index in [-0.39, 0.29) is 17.6 Å². The zero-order chi connectivity index (χ0) is 20.8. The average Bonchev–Trinajstić information content (AvgIpc) is 2.72. The van der Waals surface area contributed by atoms with Crippen molar-refractivity contribution in [2.75, 3.05) is 31.6 Å². The number of Topliss-reactive ketones (excluding diaryl/α,β-unsaturated/α-hetero) is 1. The third-order valence-corrected chi connectivity index (χ3v) is 5.73. The molecule has 0 bridgehead atoms. The molecule has 0 saturated carbocycles. The highest BCUT2D eigenvalue weighted by molar-refractivity contribution is 6.31. The quantitative estimate of drug-likeness (QED) is 0.673. The van der Waals surface area contributed by atoms with Crippen LogP contribution in [0.2, 0.25) is 5.02 Å². The molecule has 0 aromatic heterocycles. The SMILES string of the molecule is CCOc1ccc(C(=O)C2CCN(CC(=O)Nc3cccc(Cl)c3C)CC2)cc1. The molecule has 5 nitrogen and oxygen atoms in total. The highest BCUT2D eigenvalue weighted by Crippen LogP contribution is 2.25. The third-order valence-electron chi connectivity index (χ3n) is 5.32. The van der Waals surface area contributed by atoms with Crippen molar-refractivity contribution in [3.05, 3.63) is 58.6 Å². The molecule has 154 valence electrons. The van der Waals surface area contributed by atoms with Crippen LogP contribution in [0.3, 0.4) is 0 Å². The van der Waals surface area contributed by atoms with Gasteiger partial charge in [0.05, 0.1) is 13.2 Å². The summed E-state index contributed by atoms with van der Waals surface area (Å²) in [5.41, 5.74) is 2.33. The second kappa shape index (κ2) is 9.90. The van der Waals surface area contributed by atoms with Crippen molar-refractivity contribution in [2.24, 2.45) is 5.92 Å². The average molecular weight is 415 g/mol. The van der Waals surface area contributed by atoms with Crippen molar-refractivity contribution in [1.29, 1.82) is 0 Å². The molecular formula is C23H27ClN2O3. The molecule has 0 radical (unpaired) electrons. The van der Waals surface area contributed by atoms with E-state index in [4.69, 9.17) is 16.3 Å². The summed E-state index contributed by atoms with van der Waals surface area (Å²) < 4.78 is 5.43. The van der Waals surface area contributed by atoms with E-state index in [0.717, 1.165) is 48.5 Å². The molecule has 0 aliphatic carbocycles. The molecule has 1 aliphatic rings. The molecule has 1 amide bonds. The van der Waals surface area contributed by atoms with Gasteiger partial charge in [0.2, 0.25) is 5.91 Å². The van der Waals surface area contributed by atoms with Crippen molar-refractivity contribution < 1.29 is 14.3 Å². The molecule has 1 fully saturated rings. The summed E-state index contributed by atoms with van der Waals surface area (Å²) in [5.74, 6) is 0.889. The topological polar surface area (TPSA) is 58.6 Å². The number of hydrogen-bond donors (Lipinski definition) is 1. The summed E-state index contributed by atoms with van der Waals surface area (Å²) in [7, 11) is 0. The normalized spacial score (nSPS) is 15.1. The predicted molar refractivity (Wildman–Crippen MR) is 116 cm³/mol. The summed E-state index contributed by atoms with van der Waals surface area (Å²) in [5, 5.41) is 3.57. The number of nitrogens with one attached hydrogen (secondary N) is 1. The minimum absolute atomic E-state index is 0.00225. The number of halogens is 1. The van der Waals surface area contributed by atoms with Crippen LogP contribution >= 0.6 is 11.6 Å². The van der Waals surface area contributed by atoms with E-state index in [1.807, 2.05) is 50.2 Å². The first-order chi connectivity index (χ1) is 14.0. The molecule has 1 saturated heterocycles. The predicted octanol–water partition coefficient (Wildman–Crippen LogP) is 4.58. The molecule has 1 heterocycles. The largest absolute Gasteiger partial charge is 0.494 e. The van der Waals surface area contributed by atoms with Crippen LogP contribution < -0.4 is 10.1 Å². The van der Waals surface area contributed by atoms with Gasteiger partial charge in [-0.25, -0.2) is 0 Å². The Balaban J connectivity index is 1.49. The second-order valence-electron chi connectivity index (χ2n) is 7.33. The van der Waals surface area contributed by atoms with Gasteiger partial charge in [0.15, 0.2) is 5.78 Å². The lowest BCUT2D eigenvalue weighted by Crippen LogP contribution is -2.40. The van der Waals surface area contributed by atoms with Crippen molar-refractivity contribution in [1.82, 2.24) is 4.90 Å². The zero-order valence-corrected chi connectivity index (χ0v) is 17.7. The van der Waals surface area contributed by atoms with E-state index in [2.05, 4.69) is 10.2 Å². The van der Waals surface area contributed by atoms with Crippen LogP contribution in [0.15, 0.2) is 42.5 Å². The fourth-order valence-electron chi connectivity index (χ4n) is 3.61. The Morgan fingerprint density at radius 1 is 1.14 bits per heavy atom. The van der Waals surface area contributed by atoms with E-state index in [1.165, 1.54) is 0 Å². The summed E-state index contributed by atoms with van der Waals surface area (Å²) in [4.78, 5) is 27.2. The molecule has 6 heteroatoms. The van der Waals surface area contributed by atoms with E-state index in [0.29, 0.717) is 18.2 Å². The number of benzene rings is 2. The number of ketones is 1. The highest BCUT2D eigenvalue weighted by atomic mass is 35.5. The zero-order valence-electron chi connectivity index (χ0n) is 16.9. The van der Waals surface area contributed by atoms with Crippen LogP contribution in [0.5, 0.6) is 5.75 Å². The maximum absolute atomic E-state index is 12.8. The Kier molecular flexibility index (Phi) is 7.29. The van der Waals surface area contributed by atoms with Crippen LogP contribution in [-0.4, -0.2) is 42.8 Å². The minimum Gasteiger partial charge on any atom is -0.494 e. The molecule has 2 aromatic rings. The van der Waals surface area contributed by atoms with Crippen LogP contribution in [0.25, 0.3) is 0 Å². The van der Waals surface area contributed by atoms with E-state index >= 15 is 0 Å². The van der Waals surface area contributed by atoms with Gasteiger partial charge in [0, 0.05) is 22.2 Å². The standard InChI is InChI=1S/C23H27ClN2O3/c1-3-29-19-9-7-17(8-10-19)23(28)18-11-13-26(14-12-18)15-22(27)25-21-6-4-5-20(24)16(21)2/h4-10,18H,3,11-15H2,1-2H3,(H,25,27). The summed E-state index contributed by atoms with van der Waals surface area (Å²) in [6.45, 7) is 6.20. The van der Waals surface area contributed by atoms with Crippen molar-refractivity contribution in [3.63, 3.8) is 0 Å². The van der Waals surface area contributed by atoms with Crippen molar-refractivity contribution in [3.8, 4) is 5.75 Å². The number of likely N-dealkylation sites (tertiary alicyclic amines) is 1. The lowest BCUT2D eigenvalue weighted by molar-refractivity contribution is -0.117. The Labute approximate surface area is 177 Å². The van der Waals surface area contributed by atoms with E-state index in [1.54, 1.807) is 6.07 Å². The summed E-state index contributed by atoms with van der Waals surface area (Å²) in [6.07, 6.45) is 1.52. The number of carbonyl (C=O) groups is 2. The molecule has 1 N–H and O–H groups in total. The van der Waals surface area contributed by atoms with Crippen LogP contribution in [0.4, 0.5) is 5.69 Å². The number of carbonyl (C=O) groups excluding carboxylic acids is 2. The van der Waals surface area contributed by atoms with E-state index < -0.39 is 0 Å². The van der Waals surface area contributed by atoms with Gasteiger partial charge in [-0.2, -0.15) is 0 Å². The molecule has 0 unspecified atom stereocenters. The van der Waals surface area contributed by atoms with Gasteiger partial charge in [-0.1, -0.05) is 17.7 Å². The number of ether oxygens (including phenoxy) is 1. The summed E-state index contributed by atoms with van der Waals surface area (Å²) >= 11 is 6.11. The minimum atomic E-state index is -0.0633. The lowest BCUT2D eigenvalue weighted by Gasteiger charge is -2.30. The fourth-order valence-corrected chi connectivity index (χ4v) is 3.78. The monoisotopic (exact) mass is 414 g/mol. The molecular weight excluding hydrogens is 388 g/mol. The highest BCUT2D eigenvalue weighted by Gasteiger charge is 2.26. The third kappa shape index (κ3) is 5.58. The van der Waals surface area contributed by atoms with Crippen molar-refractivity contribution >= 4 is 29.0 Å². The molecule has 0 spiro atoms. The first-order valence-corrected chi connectivity index (χ1v) is 10.4.